The molecule has 2 rings (SSSR count). The van der Waals surface area contributed by atoms with Gasteiger partial charge in [0, 0.05) is 38.6 Å². The van der Waals surface area contributed by atoms with Crippen LogP contribution in [0.2, 0.25) is 0 Å². The van der Waals surface area contributed by atoms with Crippen molar-refractivity contribution >= 4 is 0 Å². The van der Waals surface area contributed by atoms with Gasteiger partial charge in [0.25, 0.3) is 0 Å². The summed E-state index contributed by atoms with van der Waals surface area (Å²) in [5.41, 5.74) is 0. The summed E-state index contributed by atoms with van der Waals surface area (Å²) in [4.78, 5) is 0. The fourth-order valence-electron chi connectivity index (χ4n) is 3.71. The van der Waals surface area contributed by atoms with Gasteiger partial charge in [-0.2, -0.15) is 13.0 Å². The Morgan fingerprint density at radius 1 is 0.773 bits per heavy atom. The third-order valence-electron chi connectivity index (χ3n) is 6.26. The zero-order valence-electron chi connectivity index (χ0n) is 15.5. The largest absolute Gasteiger partial charge is 0.526 e. The van der Waals surface area contributed by atoms with Crippen molar-refractivity contribution in [2.24, 2.45) is 29.6 Å². The van der Waals surface area contributed by atoms with Crippen LogP contribution >= 0.6 is 0 Å². The standard InChI is InChI=1S/C18H33O3.Y/c1-9-10(2)15(7)20-18(13(9)5)21-17-12(4)11(3)14(6)19-16(17)8;/h9-14,16-18H,1-8H3;/q-1;/t9-,10-,11?,12+,13-,14?,16?,17-,18?;/m0./s1. The van der Waals surface area contributed by atoms with Gasteiger partial charge in [-0.25, -0.2) is 0 Å². The second-order valence-corrected chi connectivity index (χ2v) is 7.47. The Kier molecular flexibility index (Phi) is 8.01. The quantitative estimate of drug-likeness (QED) is 0.664. The summed E-state index contributed by atoms with van der Waals surface area (Å²) >= 11 is 0. The van der Waals surface area contributed by atoms with Gasteiger partial charge in [0.15, 0.2) is 0 Å². The minimum atomic E-state index is -0.143. The molecule has 0 aromatic carbocycles. The summed E-state index contributed by atoms with van der Waals surface area (Å²) in [5, 5.41) is 0. The molecule has 0 aromatic rings. The van der Waals surface area contributed by atoms with Crippen LogP contribution in [-0.4, -0.2) is 24.6 Å². The number of rotatable bonds is 2. The van der Waals surface area contributed by atoms with Crippen molar-refractivity contribution in [3.63, 3.8) is 0 Å². The van der Waals surface area contributed by atoms with Crippen molar-refractivity contribution < 1.29 is 46.9 Å². The molecule has 2 saturated heterocycles. The normalized spacial score (nSPS) is 50.5. The molecule has 2 heterocycles. The molecule has 22 heavy (non-hydrogen) atoms. The molecule has 4 unspecified atom stereocenters. The van der Waals surface area contributed by atoms with Crippen molar-refractivity contribution in [3.05, 3.63) is 6.10 Å². The monoisotopic (exact) mass is 386 g/mol. The predicted molar refractivity (Wildman–Crippen MR) is 84.5 cm³/mol. The molecule has 1 radical (unpaired) electrons. The summed E-state index contributed by atoms with van der Waals surface area (Å²) in [5.74, 6) is 2.46. The van der Waals surface area contributed by atoms with Crippen molar-refractivity contribution in [1.82, 2.24) is 0 Å². The number of hydrogen-bond acceptors (Lipinski definition) is 3. The predicted octanol–water partition coefficient (Wildman–Crippen LogP) is 4.26. The van der Waals surface area contributed by atoms with Crippen LogP contribution in [0.4, 0.5) is 0 Å². The Labute approximate surface area is 162 Å². The SMILES string of the molecule is C[C-]1OC(O[C@@H]2C(C)OC(C)C(C)[C@H]2C)[C@@H](C)[C@@H](C)[C@@H]1C.[Y]. The van der Waals surface area contributed by atoms with E-state index in [4.69, 9.17) is 14.2 Å². The van der Waals surface area contributed by atoms with Crippen LogP contribution in [0.3, 0.4) is 0 Å². The molecule has 2 aliphatic rings. The molecule has 0 N–H and O–H groups in total. The van der Waals surface area contributed by atoms with Crippen molar-refractivity contribution in [2.75, 3.05) is 0 Å². The van der Waals surface area contributed by atoms with E-state index in [1.54, 1.807) is 0 Å². The van der Waals surface area contributed by atoms with Crippen molar-refractivity contribution in [3.8, 4) is 0 Å². The molecular weight excluding hydrogens is 353 g/mol. The smallest absolute Gasteiger partial charge is 0.131 e. The molecule has 9 atom stereocenters. The fourth-order valence-corrected chi connectivity index (χ4v) is 3.71. The van der Waals surface area contributed by atoms with Gasteiger partial charge in [-0.05, 0) is 25.7 Å². The summed E-state index contributed by atoms with van der Waals surface area (Å²) in [6.45, 7) is 17.7. The van der Waals surface area contributed by atoms with Gasteiger partial charge in [0.05, 0.1) is 18.3 Å². The molecule has 2 aliphatic heterocycles. The third kappa shape index (κ3) is 4.14. The van der Waals surface area contributed by atoms with Crippen LogP contribution in [0.25, 0.3) is 0 Å². The Morgan fingerprint density at radius 3 is 1.95 bits per heavy atom. The van der Waals surface area contributed by atoms with Crippen LogP contribution in [0, 0.1) is 35.7 Å². The molecule has 0 aromatic heterocycles. The number of hydrogen-bond donors (Lipinski definition) is 0. The van der Waals surface area contributed by atoms with Crippen LogP contribution in [0.15, 0.2) is 0 Å². The van der Waals surface area contributed by atoms with E-state index >= 15 is 0 Å². The van der Waals surface area contributed by atoms with E-state index in [2.05, 4.69) is 55.4 Å². The first-order valence-corrected chi connectivity index (χ1v) is 8.55. The van der Waals surface area contributed by atoms with Gasteiger partial charge in [-0.3, -0.25) is 0 Å². The molecule has 0 amide bonds. The van der Waals surface area contributed by atoms with E-state index in [0.717, 1.165) is 6.10 Å². The first kappa shape index (κ1) is 21.0. The van der Waals surface area contributed by atoms with E-state index in [-0.39, 0.29) is 51.2 Å². The molecule has 3 nitrogen and oxygen atoms in total. The summed E-state index contributed by atoms with van der Waals surface area (Å²) < 4.78 is 18.5. The average Bonchev–Trinajstić information content (AvgIpc) is 2.44. The minimum Gasteiger partial charge on any atom is -0.526 e. The van der Waals surface area contributed by atoms with Gasteiger partial charge in [-0.1, -0.05) is 40.5 Å². The maximum absolute atomic E-state index is 6.41. The fraction of sp³-hybridized carbons (Fsp3) is 0.944. The second-order valence-electron chi connectivity index (χ2n) is 7.47. The van der Waals surface area contributed by atoms with Crippen molar-refractivity contribution in [2.45, 2.75) is 80.0 Å². The molecular formula is C18H33O3Y-. The maximum Gasteiger partial charge on any atom is 0.131 e. The minimum absolute atomic E-state index is 0. The molecule has 0 saturated carbocycles. The second kappa shape index (κ2) is 8.38. The Bertz CT molecular complexity index is 351. The van der Waals surface area contributed by atoms with Gasteiger partial charge in [-0.15, -0.1) is 5.92 Å². The Morgan fingerprint density at radius 2 is 1.36 bits per heavy atom. The average molecular weight is 386 g/mol. The molecule has 4 heteroatoms. The third-order valence-corrected chi connectivity index (χ3v) is 6.26. The van der Waals surface area contributed by atoms with E-state index in [1.165, 1.54) is 0 Å². The van der Waals surface area contributed by atoms with Crippen LogP contribution in [0.1, 0.15) is 55.4 Å². The molecule has 0 bridgehead atoms. The van der Waals surface area contributed by atoms with Gasteiger partial charge < -0.3 is 14.2 Å². The van der Waals surface area contributed by atoms with Gasteiger partial charge in [0.1, 0.15) is 6.29 Å². The molecule has 127 valence electrons. The Balaban J connectivity index is 0.00000242. The van der Waals surface area contributed by atoms with Gasteiger partial charge in [0.2, 0.25) is 0 Å². The van der Waals surface area contributed by atoms with Gasteiger partial charge >= 0.3 is 0 Å². The van der Waals surface area contributed by atoms with Crippen molar-refractivity contribution in [1.29, 1.82) is 0 Å². The molecule has 0 spiro atoms. The first-order chi connectivity index (χ1) is 9.73. The topological polar surface area (TPSA) is 27.7 Å². The van der Waals surface area contributed by atoms with E-state index in [9.17, 15) is 0 Å². The maximum atomic E-state index is 6.41. The molecule has 0 aliphatic carbocycles. The van der Waals surface area contributed by atoms with Crippen LogP contribution in [-0.2, 0) is 46.9 Å². The summed E-state index contributed by atoms with van der Waals surface area (Å²) in [6.07, 6.45) is 1.49. The van der Waals surface area contributed by atoms with E-state index in [1.807, 2.05) is 0 Å². The number of ether oxygens (including phenoxy) is 3. The first-order valence-electron chi connectivity index (χ1n) is 8.55. The molecule has 2 fully saturated rings. The van der Waals surface area contributed by atoms with Crippen LogP contribution in [0.5, 0.6) is 0 Å². The Hall–Kier alpha value is 0.984. The summed E-state index contributed by atoms with van der Waals surface area (Å²) in [6, 6.07) is 0. The zero-order chi connectivity index (χ0) is 15.9. The summed E-state index contributed by atoms with van der Waals surface area (Å²) in [7, 11) is 0. The van der Waals surface area contributed by atoms with E-state index < -0.39 is 0 Å². The van der Waals surface area contributed by atoms with Crippen LogP contribution < -0.4 is 0 Å². The van der Waals surface area contributed by atoms with E-state index in [0.29, 0.717) is 35.7 Å². The zero-order valence-corrected chi connectivity index (χ0v) is 18.3.